The number of aromatic nitrogens is 5. The molecule has 12 heteroatoms. The SMILES string of the molecule is FC(F)Cn1ncc2ncc(N3C[C@H]4CCN(c5cccc(C(F)(F)F)n5)C[C@H]4C3)nc21. The molecule has 0 aliphatic carbocycles. The van der Waals surface area contributed by atoms with Gasteiger partial charge in [0.15, 0.2) is 5.65 Å². The Kier molecular flexibility index (Phi) is 5.09. The van der Waals surface area contributed by atoms with Gasteiger partial charge in [-0.1, -0.05) is 6.07 Å². The van der Waals surface area contributed by atoms with Gasteiger partial charge in [0.25, 0.3) is 6.43 Å². The third kappa shape index (κ3) is 3.93. The van der Waals surface area contributed by atoms with Gasteiger partial charge in [-0.25, -0.2) is 28.4 Å². The van der Waals surface area contributed by atoms with Gasteiger partial charge in [-0.2, -0.15) is 18.3 Å². The second-order valence-electron chi connectivity index (χ2n) is 8.19. The van der Waals surface area contributed by atoms with E-state index in [2.05, 4.69) is 25.0 Å². The van der Waals surface area contributed by atoms with Crippen molar-refractivity contribution in [3.05, 3.63) is 36.3 Å². The van der Waals surface area contributed by atoms with Crippen molar-refractivity contribution >= 4 is 22.8 Å². The van der Waals surface area contributed by atoms with E-state index in [0.717, 1.165) is 23.7 Å². The zero-order valence-electron chi connectivity index (χ0n) is 16.9. The number of anilines is 2. The van der Waals surface area contributed by atoms with Gasteiger partial charge in [-0.05, 0) is 30.4 Å². The topological polar surface area (TPSA) is 63.0 Å². The molecule has 2 aliphatic rings. The summed E-state index contributed by atoms with van der Waals surface area (Å²) in [7, 11) is 0. The lowest BCUT2D eigenvalue weighted by molar-refractivity contribution is -0.141. The van der Waals surface area contributed by atoms with E-state index in [1.165, 1.54) is 12.3 Å². The largest absolute Gasteiger partial charge is 0.433 e. The van der Waals surface area contributed by atoms with Crippen molar-refractivity contribution in [1.29, 1.82) is 0 Å². The smallest absolute Gasteiger partial charge is 0.356 e. The Morgan fingerprint density at radius 3 is 2.53 bits per heavy atom. The Bertz CT molecular complexity index is 1120. The Morgan fingerprint density at radius 1 is 0.969 bits per heavy atom. The van der Waals surface area contributed by atoms with Gasteiger partial charge < -0.3 is 9.80 Å². The molecule has 5 rings (SSSR count). The Hall–Kier alpha value is -3.05. The predicted molar refractivity (Wildman–Crippen MR) is 107 cm³/mol. The summed E-state index contributed by atoms with van der Waals surface area (Å²) < 4.78 is 65.8. The zero-order valence-corrected chi connectivity index (χ0v) is 16.9. The van der Waals surface area contributed by atoms with Crippen molar-refractivity contribution < 1.29 is 22.0 Å². The molecule has 3 aromatic heterocycles. The third-order valence-corrected chi connectivity index (χ3v) is 6.12. The summed E-state index contributed by atoms with van der Waals surface area (Å²) in [4.78, 5) is 16.6. The summed E-state index contributed by atoms with van der Waals surface area (Å²) in [6.45, 7) is 2.05. The highest BCUT2D eigenvalue weighted by Gasteiger charge is 2.39. The van der Waals surface area contributed by atoms with Crippen molar-refractivity contribution in [2.75, 3.05) is 36.0 Å². The molecule has 3 aromatic rings. The molecule has 2 saturated heterocycles. The summed E-state index contributed by atoms with van der Waals surface area (Å²) >= 11 is 0. The normalized spacial score (nSPS) is 21.6. The fourth-order valence-electron chi connectivity index (χ4n) is 4.58. The Labute approximate surface area is 179 Å². The molecule has 0 spiro atoms. The fraction of sp³-hybridized carbons (Fsp3) is 0.500. The van der Waals surface area contributed by atoms with E-state index in [1.54, 1.807) is 12.3 Å². The molecule has 0 aromatic carbocycles. The molecule has 5 heterocycles. The van der Waals surface area contributed by atoms with E-state index < -0.39 is 24.8 Å². The van der Waals surface area contributed by atoms with Crippen LogP contribution in [-0.2, 0) is 12.7 Å². The van der Waals surface area contributed by atoms with Crippen LogP contribution in [0.5, 0.6) is 0 Å². The lowest BCUT2D eigenvalue weighted by Crippen LogP contribution is -2.40. The zero-order chi connectivity index (χ0) is 22.5. The van der Waals surface area contributed by atoms with Crippen LogP contribution in [0.15, 0.2) is 30.6 Å². The molecule has 32 heavy (non-hydrogen) atoms. The van der Waals surface area contributed by atoms with E-state index >= 15 is 0 Å². The minimum atomic E-state index is -4.48. The second kappa shape index (κ2) is 7.82. The Balaban J connectivity index is 1.32. The predicted octanol–water partition coefficient (Wildman–Crippen LogP) is 3.47. The third-order valence-electron chi connectivity index (χ3n) is 6.12. The summed E-state index contributed by atoms with van der Waals surface area (Å²) in [5.74, 6) is 1.50. The van der Waals surface area contributed by atoms with Gasteiger partial charge in [0.2, 0.25) is 0 Å². The lowest BCUT2D eigenvalue weighted by Gasteiger charge is -2.35. The van der Waals surface area contributed by atoms with Crippen molar-refractivity contribution in [1.82, 2.24) is 24.7 Å². The first-order chi connectivity index (χ1) is 15.3. The maximum atomic E-state index is 13.0. The maximum Gasteiger partial charge on any atom is 0.433 e. The number of piperidine rings is 1. The van der Waals surface area contributed by atoms with E-state index in [-0.39, 0.29) is 5.92 Å². The van der Waals surface area contributed by atoms with Crippen LogP contribution < -0.4 is 9.80 Å². The molecule has 0 unspecified atom stereocenters. The van der Waals surface area contributed by atoms with Gasteiger partial charge in [0, 0.05) is 26.2 Å². The van der Waals surface area contributed by atoms with Crippen LogP contribution in [0, 0.1) is 11.8 Å². The molecule has 0 amide bonds. The van der Waals surface area contributed by atoms with Gasteiger partial charge in [-0.3, -0.25) is 0 Å². The number of hydrogen-bond donors (Lipinski definition) is 0. The second-order valence-corrected chi connectivity index (χ2v) is 8.19. The molecule has 2 aliphatic heterocycles. The minimum absolute atomic E-state index is 0.226. The van der Waals surface area contributed by atoms with E-state index in [0.29, 0.717) is 48.4 Å². The van der Waals surface area contributed by atoms with Gasteiger partial charge in [0.05, 0.1) is 12.4 Å². The molecule has 170 valence electrons. The number of pyridine rings is 1. The highest BCUT2D eigenvalue weighted by atomic mass is 19.4. The van der Waals surface area contributed by atoms with Crippen molar-refractivity contribution in [2.45, 2.75) is 25.6 Å². The van der Waals surface area contributed by atoms with Crippen LogP contribution in [0.3, 0.4) is 0 Å². The summed E-state index contributed by atoms with van der Waals surface area (Å²) in [6, 6.07) is 3.96. The van der Waals surface area contributed by atoms with Crippen molar-refractivity contribution in [3.63, 3.8) is 0 Å². The van der Waals surface area contributed by atoms with Crippen LogP contribution in [0.25, 0.3) is 11.2 Å². The van der Waals surface area contributed by atoms with Crippen LogP contribution in [0.2, 0.25) is 0 Å². The van der Waals surface area contributed by atoms with Crippen LogP contribution in [0.1, 0.15) is 12.1 Å². The summed E-state index contributed by atoms with van der Waals surface area (Å²) in [5.41, 5.74) is -0.130. The Morgan fingerprint density at radius 2 is 1.75 bits per heavy atom. The molecular formula is C20H20F5N7. The lowest BCUT2D eigenvalue weighted by atomic mass is 9.89. The molecule has 0 radical (unpaired) electrons. The van der Waals surface area contributed by atoms with E-state index in [9.17, 15) is 22.0 Å². The molecule has 0 bridgehead atoms. The summed E-state index contributed by atoms with van der Waals surface area (Å²) in [6.07, 6.45) is -3.18. The van der Waals surface area contributed by atoms with Gasteiger partial charge >= 0.3 is 6.18 Å². The molecular weight excluding hydrogens is 433 g/mol. The highest BCUT2D eigenvalue weighted by molar-refractivity contribution is 5.71. The minimum Gasteiger partial charge on any atom is -0.356 e. The van der Waals surface area contributed by atoms with E-state index in [4.69, 9.17) is 0 Å². The number of alkyl halides is 5. The van der Waals surface area contributed by atoms with Gasteiger partial charge in [-0.15, -0.1) is 0 Å². The fourth-order valence-corrected chi connectivity index (χ4v) is 4.58. The highest BCUT2D eigenvalue weighted by Crippen LogP contribution is 2.36. The van der Waals surface area contributed by atoms with Crippen LogP contribution in [0.4, 0.5) is 33.6 Å². The van der Waals surface area contributed by atoms with Crippen molar-refractivity contribution in [3.8, 4) is 0 Å². The average molecular weight is 453 g/mol. The standard InChI is InChI=1S/C20H20F5N7/c21-16(22)11-32-19-14(6-27-32)26-7-18(29-19)31-8-12-4-5-30(9-13(12)10-31)17-3-1-2-15(28-17)20(23,24)25/h1-3,6-7,12-13,16H,4-5,8-11H2/t12-,13+/m1/s1. The quantitative estimate of drug-likeness (QED) is 0.564. The number of halogens is 5. The number of hydrogen-bond acceptors (Lipinski definition) is 6. The molecule has 0 N–H and O–H groups in total. The number of rotatable bonds is 4. The van der Waals surface area contributed by atoms with Gasteiger partial charge in [0.1, 0.15) is 29.4 Å². The number of nitrogens with zero attached hydrogens (tertiary/aromatic N) is 7. The average Bonchev–Trinajstić information content (AvgIpc) is 3.36. The first-order valence-electron chi connectivity index (χ1n) is 10.3. The van der Waals surface area contributed by atoms with Crippen LogP contribution in [-0.4, -0.2) is 57.3 Å². The first kappa shape index (κ1) is 20.8. The molecule has 2 atom stereocenters. The van der Waals surface area contributed by atoms with Crippen LogP contribution >= 0.6 is 0 Å². The van der Waals surface area contributed by atoms with Crippen molar-refractivity contribution in [2.24, 2.45) is 11.8 Å². The summed E-state index contributed by atoms with van der Waals surface area (Å²) in [5, 5.41) is 3.94. The molecule has 2 fully saturated rings. The first-order valence-corrected chi connectivity index (χ1v) is 10.3. The molecule has 7 nitrogen and oxygen atoms in total. The molecule has 0 saturated carbocycles. The number of fused-ring (bicyclic) bond motifs is 2. The van der Waals surface area contributed by atoms with E-state index in [1.807, 2.05) is 4.90 Å². The monoisotopic (exact) mass is 453 g/mol. The maximum absolute atomic E-state index is 13.0.